The maximum Gasteiger partial charge on any atom is 0.107 e. The van der Waals surface area contributed by atoms with Crippen molar-refractivity contribution in [2.75, 3.05) is 6.54 Å². The molecule has 0 aliphatic heterocycles. The molecule has 1 saturated carbocycles. The Labute approximate surface area is 107 Å². The average molecular weight is 311 g/mol. The Morgan fingerprint density at radius 1 is 1.67 bits per heavy atom. The Bertz CT molecular complexity index is 339. The zero-order valence-corrected chi connectivity index (χ0v) is 11.3. The summed E-state index contributed by atoms with van der Waals surface area (Å²) in [5, 5.41) is 10.3. The van der Waals surface area contributed by atoms with Gasteiger partial charge in [0.2, 0.25) is 0 Å². The fourth-order valence-electron chi connectivity index (χ4n) is 2.02. The fraction of sp³-hybridized carbons (Fsp3) is 0.600. The minimum atomic E-state index is -0.468. The normalized spacial score (nSPS) is 21.1. The van der Waals surface area contributed by atoms with Crippen LogP contribution in [0.3, 0.4) is 0 Å². The van der Waals surface area contributed by atoms with E-state index < -0.39 is 6.10 Å². The number of hydrogen-bond acceptors (Lipinski definition) is 3. The van der Waals surface area contributed by atoms with Gasteiger partial charge in [0.25, 0.3) is 0 Å². The lowest BCUT2D eigenvalue weighted by Crippen LogP contribution is -2.42. The number of hydrogen-bond donors (Lipinski definition) is 2. The van der Waals surface area contributed by atoms with E-state index in [1.54, 1.807) is 0 Å². The van der Waals surface area contributed by atoms with E-state index in [9.17, 15) is 5.11 Å². The van der Waals surface area contributed by atoms with Crippen LogP contribution in [-0.2, 0) is 0 Å². The molecule has 1 heterocycles. The van der Waals surface area contributed by atoms with Crippen LogP contribution < -0.4 is 5.73 Å². The third-order valence-corrected chi connectivity index (χ3v) is 5.80. The third-order valence-electron chi connectivity index (χ3n) is 3.27. The van der Waals surface area contributed by atoms with Crippen molar-refractivity contribution in [2.24, 2.45) is 11.1 Å². The Balaban J connectivity index is 2.23. The smallest absolute Gasteiger partial charge is 0.107 e. The molecule has 0 saturated heterocycles. The van der Waals surface area contributed by atoms with Gasteiger partial charge in [-0.1, -0.05) is 18.0 Å². The van der Waals surface area contributed by atoms with Crippen LogP contribution in [0.5, 0.6) is 0 Å². The van der Waals surface area contributed by atoms with Gasteiger partial charge >= 0.3 is 0 Å². The number of rotatable bonds is 3. The zero-order chi connectivity index (χ0) is 11.1. The van der Waals surface area contributed by atoms with Crippen molar-refractivity contribution in [3.8, 4) is 0 Å². The molecule has 0 radical (unpaired) electrons. The van der Waals surface area contributed by atoms with Crippen LogP contribution in [0.15, 0.2) is 10.5 Å². The highest BCUT2D eigenvalue weighted by atomic mass is 79.9. The predicted molar refractivity (Wildman–Crippen MR) is 67.3 cm³/mol. The maximum atomic E-state index is 10.3. The first-order valence-corrected chi connectivity index (χ1v) is 6.91. The van der Waals surface area contributed by atoms with E-state index in [1.165, 1.54) is 11.3 Å². The van der Waals surface area contributed by atoms with Gasteiger partial charge in [-0.05, 0) is 34.8 Å². The second-order valence-corrected chi connectivity index (χ2v) is 6.63. The van der Waals surface area contributed by atoms with Gasteiger partial charge in [0.05, 0.1) is 6.10 Å². The van der Waals surface area contributed by atoms with Gasteiger partial charge in [-0.25, -0.2) is 0 Å². The third kappa shape index (κ3) is 1.98. The molecule has 0 spiro atoms. The van der Waals surface area contributed by atoms with Crippen molar-refractivity contribution in [3.63, 3.8) is 0 Å². The van der Waals surface area contributed by atoms with Crippen molar-refractivity contribution < 1.29 is 5.11 Å². The highest BCUT2D eigenvalue weighted by Crippen LogP contribution is 2.51. The predicted octanol–water partition coefficient (Wildman–Crippen LogP) is 3.33. The number of aliphatic hydroxyl groups excluding tert-OH is 1. The molecule has 0 bridgehead atoms. The van der Waals surface area contributed by atoms with Gasteiger partial charge in [-0.3, -0.25) is 0 Å². The Kier molecular flexibility index (Phi) is 3.43. The standard InChI is InChI=1S/C10H13BrClNOS/c11-6-4-7(15-9(6)12)8(14)10(5-13)2-1-3-10/h4,8,14H,1-3,5,13H2. The molecular weight excluding hydrogens is 298 g/mol. The Hall–Kier alpha value is 0.390. The molecule has 84 valence electrons. The molecule has 3 N–H and O–H groups in total. The molecule has 1 aliphatic carbocycles. The molecule has 1 aromatic rings. The summed E-state index contributed by atoms with van der Waals surface area (Å²) in [4.78, 5) is 0.914. The molecule has 0 aromatic carbocycles. The lowest BCUT2D eigenvalue weighted by atomic mass is 9.65. The molecule has 5 heteroatoms. The fourth-order valence-corrected chi connectivity index (χ4v) is 3.88. The summed E-state index contributed by atoms with van der Waals surface area (Å²) in [5.74, 6) is 0. The SMILES string of the molecule is NCC1(C(O)c2cc(Br)c(Cl)s2)CCC1. The number of halogens is 2. The van der Waals surface area contributed by atoms with Gasteiger partial charge in [0, 0.05) is 21.3 Å². The summed E-state index contributed by atoms with van der Waals surface area (Å²) in [5.41, 5.74) is 5.65. The van der Waals surface area contributed by atoms with E-state index in [0.717, 1.165) is 28.6 Å². The second kappa shape index (κ2) is 4.34. The van der Waals surface area contributed by atoms with Gasteiger partial charge < -0.3 is 10.8 Å². The van der Waals surface area contributed by atoms with Crippen LogP contribution in [0.1, 0.15) is 30.2 Å². The molecule has 1 aliphatic rings. The molecule has 1 fully saturated rings. The summed E-state index contributed by atoms with van der Waals surface area (Å²) in [6.07, 6.45) is 2.72. The van der Waals surface area contributed by atoms with E-state index in [1.807, 2.05) is 6.07 Å². The molecule has 15 heavy (non-hydrogen) atoms. The summed E-state index contributed by atoms with van der Waals surface area (Å²) in [7, 11) is 0. The van der Waals surface area contributed by atoms with Crippen LogP contribution in [0.2, 0.25) is 4.34 Å². The number of nitrogens with two attached hydrogens (primary N) is 1. The van der Waals surface area contributed by atoms with E-state index >= 15 is 0 Å². The van der Waals surface area contributed by atoms with Crippen molar-refractivity contribution in [3.05, 3.63) is 19.8 Å². The van der Waals surface area contributed by atoms with Crippen LogP contribution in [-0.4, -0.2) is 11.7 Å². The van der Waals surface area contributed by atoms with Crippen LogP contribution in [0, 0.1) is 5.41 Å². The van der Waals surface area contributed by atoms with E-state index in [2.05, 4.69) is 15.9 Å². The first-order chi connectivity index (χ1) is 7.09. The summed E-state index contributed by atoms with van der Waals surface area (Å²) in [6, 6.07) is 1.90. The van der Waals surface area contributed by atoms with Crippen molar-refractivity contribution in [1.82, 2.24) is 0 Å². The largest absolute Gasteiger partial charge is 0.387 e. The second-order valence-electron chi connectivity index (χ2n) is 4.09. The summed E-state index contributed by atoms with van der Waals surface area (Å²) < 4.78 is 1.55. The van der Waals surface area contributed by atoms with Gasteiger partial charge in [0.1, 0.15) is 4.34 Å². The van der Waals surface area contributed by atoms with E-state index in [4.69, 9.17) is 17.3 Å². The molecule has 1 atom stereocenters. The lowest BCUT2D eigenvalue weighted by Gasteiger charge is -2.44. The van der Waals surface area contributed by atoms with E-state index in [0.29, 0.717) is 10.9 Å². The minimum absolute atomic E-state index is 0.104. The summed E-state index contributed by atoms with van der Waals surface area (Å²) >= 11 is 10.7. The topological polar surface area (TPSA) is 46.2 Å². The van der Waals surface area contributed by atoms with Crippen molar-refractivity contribution in [1.29, 1.82) is 0 Å². The molecule has 2 rings (SSSR count). The lowest BCUT2D eigenvalue weighted by molar-refractivity contribution is -0.0275. The van der Waals surface area contributed by atoms with Crippen LogP contribution in [0.4, 0.5) is 0 Å². The number of aliphatic hydroxyl groups is 1. The quantitative estimate of drug-likeness (QED) is 0.899. The minimum Gasteiger partial charge on any atom is -0.387 e. The number of thiophene rings is 1. The molecule has 0 amide bonds. The summed E-state index contributed by atoms with van der Waals surface area (Å²) in [6.45, 7) is 0.543. The highest BCUT2D eigenvalue weighted by molar-refractivity contribution is 9.10. The van der Waals surface area contributed by atoms with Crippen molar-refractivity contribution >= 4 is 38.9 Å². The van der Waals surface area contributed by atoms with Gasteiger partial charge in [-0.2, -0.15) is 0 Å². The van der Waals surface area contributed by atoms with Crippen molar-refractivity contribution in [2.45, 2.75) is 25.4 Å². The monoisotopic (exact) mass is 309 g/mol. The first-order valence-electron chi connectivity index (χ1n) is 4.92. The van der Waals surface area contributed by atoms with Gasteiger partial charge in [-0.15, -0.1) is 11.3 Å². The first kappa shape index (κ1) is 11.9. The molecule has 1 aromatic heterocycles. The molecule has 2 nitrogen and oxygen atoms in total. The van der Waals surface area contributed by atoms with Crippen LogP contribution >= 0.6 is 38.9 Å². The highest BCUT2D eigenvalue weighted by Gasteiger charge is 2.43. The molecule has 1 unspecified atom stereocenters. The van der Waals surface area contributed by atoms with Gasteiger partial charge in [0.15, 0.2) is 0 Å². The van der Waals surface area contributed by atoms with Crippen LogP contribution in [0.25, 0.3) is 0 Å². The van der Waals surface area contributed by atoms with E-state index in [-0.39, 0.29) is 5.41 Å². The molecular formula is C10H13BrClNOS. The zero-order valence-electron chi connectivity index (χ0n) is 8.17. The maximum absolute atomic E-state index is 10.3. The average Bonchev–Trinajstić information content (AvgIpc) is 2.46. The Morgan fingerprint density at radius 2 is 2.33 bits per heavy atom. The Morgan fingerprint density at radius 3 is 2.67 bits per heavy atom.